The van der Waals surface area contributed by atoms with Gasteiger partial charge >= 0.3 is 17.9 Å². The van der Waals surface area contributed by atoms with Crippen molar-refractivity contribution in [1.82, 2.24) is 0 Å². The van der Waals surface area contributed by atoms with E-state index in [-0.39, 0.29) is 62.8 Å². The van der Waals surface area contributed by atoms with Gasteiger partial charge in [-0.2, -0.15) is 0 Å². The largest absolute Gasteiger partial charge is 0.508 e. The van der Waals surface area contributed by atoms with Gasteiger partial charge in [-0.15, -0.1) is 0 Å². The van der Waals surface area contributed by atoms with Gasteiger partial charge in [-0.3, -0.25) is 0 Å². The van der Waals surface area contributed by atoms with Gasteiger partial charge in [0.25, 0.3) is 0 Å². The van der Waals surface area contributed by atoms with Crippen LogP contribution in [0.15, 0.2) is 42.5 Å². The summed E-state index contributed by atoms with van der Waals surface area (Å²) in [5.41, 5.74) is -2.13. The molecule has 0 radical (unpaired) electrons. The standard InChI is InChI=1S/C24H16O9/c1-2-12-13(21(27)28)9-16-20(19(12)22(29)30)23(31)33-24(16)14-5-3-10(25)7-17(14)32-18-8-11(26)4-6-15(18)24/h3-9,25-26H,2H2,1H3,(H,27,28)(H,29,30). The number of carbonyl (C=O) groups excluding carboxylic acids is 1. The van der Waals surface area contributed by atoms with E-state index in [4.69, 9.17) is 9.47 Å². The van der Waals surface area contributed by atoms with Gasteiger partial charge in [0, 0.05) is 28.8 Å². The van der Waals surface area contributed by atoms with Gasteiger partial charge in [-0.05, 0) is 42.3 Å². The second-order valence-electron chi connectivity index (χ2n) is 7.70. The molecule has 9 nitrogen and oxygen atoms in total. The molecule has 2 aliphatic heterocycles. The van der Waals surface area contributed by atoms with Gasteiger partial charge in [0.2, 0.25) is 0 Å². The van der Waals surface area contributed by atoms with E-state index >= 15 is 0 Å². The number of aromatic hydroxyl groups is 2. The van der Waals surface area contributed by atoms with Gasteiger partial charge in [0.05, 0.1) is 16.7 Å². The number of hydrogen-bond donors (Lipinski definition) is 4. The number of carboxylic acid groups (broad SMARTS) is 2. The van der Waals surface area contributed by atoms with E-state index in [1.165, 1.54) is 42.5 Å². The van der Waals surface area contributed by atoms with Crippen LogP contribution in [0.1, 0.15) is 60.3 Å². The zero-order chi connectivity index (χ0) is 23.7. The summed E-state index contributed by atoms with van der Waals surface area (Å²) in [4.78, 5) is 37.5. The van der Waals surface area contributed by atoms with Crippen LogP contribution in [0.2, 0.25) is 0 Å². The Hall–Kier alpha value is -4.53. The molecule has 9 heteroatoms. The minimum Gasteiger partial charge on any atom is -0.508 e. The molecule has 5 rings (SSSR count). The minimum absolute atomic E-state index is 0.00617. The number of phenols is 2. The molecule has 0 bridgehead atoms. The van der Waals surface area contributed by atoms with Gasteiger partial charge in [0.1, 0.15) is 23.0 Å². The third-order valence-electron chi connectivity index (χ3n) is 5.97. The van der Waals surface area contributed by atoms with Crippen molar-refractivity contribution in [3.8, 4) is 23.0 Å². The van der Waals surface area contributed by atoms with Crippen molar-refractivity contribution in [3.05, 3.63) is 81.4 Å². The molecule has 33 heavy (non-hydrogen) atoms. The van der Waals surface area contributed by atoms with E-state index in [2.05, 4.69) is 0 Å². The Kier molecular flexibility index (Phi) is 4.16. The van der Waals surface area contributed by atoms with Crippen molar-refractivity contribution in [1.29, 1.82) is 0 Å². The second kappa shape index (κ2) is 6.73. The monoisotopic (exact) mass is 448 g/mol. The number of esters is 1. The molecule has 2 aliphatic rings. The van der Waals surface area contributed by atoms with Crippen LogP contribution in [0.25, 0.3) is 0 Å². The number of carboxylic acids is 2. The molecule has 3 aromatic carbocycles. The number of aromatic carboxylic acids is 2. The smallest absolute Gasteiger partial charge is 0.341 e. The number of phenolic OH excluding ortho intramolecular Hbond substituents is 2. The molecule has 166 valence electrons. The lowest BCUT2D eigenvalue weighted by Crippen LogP contribution is -2.33. The van der Waals surface area contributed by atoms with E-state index in [9.17, 15) is 34.8 Å². The van der Waals surface area contributed by atoms with Crippen LogP contribution in [0.3, 0.4) is 0 Å². The van der Waals surface area contributed by atoms with E-state index in [1.54, 1.807) is 6.92 Å². The number of fused-ring (bicyclic) bond motifs is 6. The summed E-state index contributed by atoms with van der Waals surface area (Å²) in [7, 11) is 0. The first-order valence-corrected chi connectivity index (χ1v) is 9.94. The molecule has 3 aromatic rings. The van der Waals surface area contributed by atoms with Crippen molar-refractivity contribution in [2.45, 2.75) is 18.9 Å². The zero-order valence-electron chi connectivity index (χ0n) is 17.1. The van der Waals surface area contributed by atoms with Crippen LogP contribution in [-0.2, 0) is 16.8 Å². The normalized spacial score (nSPS) is 14.6. The Bertz CT molecular complexity index is 1350. The van der Waals surface area contributed by atoms with Crippen molar-refractivity contribution in [2.75, 3.05) is 0 Å². The average molecular weight is 448 g/mol. The Morgan fingerprint density at radius 3 is 1.94 bits per heavy atom. The molecule has 0 unspecified atom stereocenters. The number of ether oxygens (including phenoxy) is 2. The lowest BCUT2D eigenvalue weighted by Gasteiger charge is -2.36. The zero-order valence-corrected chi connectivity index (χ0v) is 17.1. The lowest BCUT2D eigenvalue weighted by molar-refractivity contribution is 0.0222. The first kappa shape index (κ1) is 20.4. The highest BCUT2D eigenvalue weighted by Crippen LogP contribution is 2.57. The molecule has 0 aliphatic carbocycles. The molecular weight excluding hydrogens is 432 g/mol. The fraction of sp³-hybridized carbons (Fsp3) is 0.125. The van der Waals surface area contributed by atoms with Crippen molar-refractivity contribution in [2.24, 2.45) is 0 Å². The molecule has 2 heterocycles. The third-order valence-corrected chi connectivity index (χ3v) is 5.97. The molecule has 0 fully saturated rings. The van der Waals surface area contributed by atoms with Crippen LogP contribution in [0.4, 0.5) is 0 Å². The Morgan fingerprint density at radius 2 is 1.45 bits per heavy atom. The third kappa shape index (κ3) is 2.62. The predicted octanol–water partition coefficient (Wildman–Crippen LogP) is 3.62. The summed E-state index contributed by atoms with van der Waals surface area (Å²) in [6, 6.07) is 9.43. The fourth-order valence-electron chi connectivity index (χ4n) is 4.69. The van der Waals surface area contributed by atoms with Crippen LogP contribution < -0.4 is 4.74 Å². The molecule has 0 atom stereocenters. The van der Waals surface area contributed by atoms with Crippen molar-refractivity contribution < 1.29 is 44.3 Å². The van der Waals surface area contributed by atoms with E-state index in [1.807, 2.05) is 0 Å². The summed E-state index contributed by atoms with van der Waals surface area (Å²) in [6.07, 6.45) is 0.0643. The summed E-state index contributed by atoms with van der Waals surface area (Å²) in [5, 5.41) is 39.7. The van der Waals surface area contributed by atoms with E-state index in [0.717, 1.165) is 0 Å². The van der Waals surface area contributed by atoms with Crippen molar-refractivity contribution in [3.63, 3.8) is 0 Å². The molecule has 4 N–H and O–H groups in total. The quantitative estimate of drug-likeness (QED) is 0.440. The number of carbonyl (C=O) groups is 3. The summed E-state index contributed by atoms with van der Waals surface area (Å²) in [5.74, 6) is -3.83. The van der Waals surface area contributed by atoms with Gasteiger partial charge in [0.15, 0.2) is 5.60 Å². The summed E-state index contributed by atoms with van der Waals surface area (Å²) < 4.78 is 11.7. The predicted molar refractivity (Wildman–Crippen MR) is 111 cm³/mol. The lowest BCUT2D eigenvalue weighted by atomic mass is 9.75. The summed E-state index contributed by atoms with van der Waals surface area (Å²) >= 11 is 0. The van der Waals surface area contributed by atoms with Crippen LogP contribution >= 0.6 is 0 Å². The highest BCUT2D eigenvalue weighted by atomic mass is 16.6. The SMILES string of the molecule is CCc1c(C(=O)O)cc2c(c1C(=O)O)C(=O)OC21c2ccc(O)cc2Oc2cc(O)ccc21. The Morgan fingerprint density at radius 1 is 0.879 bits per heavy atom. The van der Waals surface area contributed by atoms with Gasteiger partial charge in [-0.25, -0.2) is 14.4 Å². The van der Waals surface area contributed by atoms with E-state index in [0.29, 0.717) is 0 Å². The van der Waals surface area contributed by atoms with Crippen LogP contribution in [-0.4, -0.2) is 38.3 Å². The first-order chi connectivity index (χ1) is 15.7. The highest BCUT2D eigenvalue weighted by molar-refractivity contribution is 6.10. The second-order valence-corrected chi connectivity index (χ2v) is 7.70. The maximum atomic E-state index is 13.2. The van der Waals surface area contributed by atoms with E-state index < -0.39 is 29.1 Å². The maximum absolute atomic E-state index is 13.2. The fourth-order valence-corrected chi connectivity index (χ4v) is 4.69. The van der Waals surface area contributed by atoms with Gasteiger partial charge < -0.3 is 29.9 Å². The summed E-state index contributed by atoms with van der Waals surface area (Å²) in [6.45, 7) is 1.60. The molecular formula is C24H16O9. The maximum Gasteiger partial charge on any atom is 0.341 e. The van der Waals surface area contributed by atoms with Gasteiger partial charge in [-0.1, -0.05) is 6.92 Å². The molecule has 0 amide bonds. The number of rotatable bonds is 3. The Balaban J connectivity index is 1.97. The topological polar surface area (TPSA) is 151 Å². The number of hydrogen-bond acceptors (Lipinski definition) is 7. The van der Waals surface area contributed by atoms with Crippen molar-refractivity contribution >= 4 is 17.9 Å². The molecule has 1 spiro atoms. The first-order valence-electron chi connectivity index (χ1n) is 9.94. The number of benzene rings is 3. The highest BCUT2D eigenvalue weighted by Gasteiger charge is 2.55. The molecule has 0 aromatic heterocycles. The van der Waals surface area contributed by atoms with Crippen LogP contribution in [0.5, 0.6) is 23.0 Å². The Labute approximate surface area is 186 Å². The average Bonchev–Trinajstić information content (AvgIpc) is 3.04. The minimum atomic E-state index is -1.75. The molecule has 0 saturated heterocycles. The molecule has 0 saturated carbocycles. The van der Waals surface area contributed by atoms with Crippen LogP contribution in [0, 0.1) is 0 Å².